The van der Waals surface area contributed by atoms with E-state index in [9.17, 15) is 13.2 Å². The molecule has 1 fully saturated rings. The van der Waals surface area contributed by atoms with Crippen LogP contribution in [0.3, 0.4) is 0 Å². The molecular formula is C12H17F3N4. The van der Waals surface area contributed by atoms with Gasteiger partial charge in [0.2, 0.25) is 0 Å². The van der Waals surface area contributed by atoms with Crippen molar-refractivity contribution in [2.75, 3.05) is 31.2 Å². The van der Waals surface area contributed by atoms with Gasteiger partial charge in [0, 0.05) is 19.1 Å². The molecule has 7 heteroatoms. The number of hydrogen-bond donors (Lipinski definition) is 2. The summed E-state index contributed by atoms with van der Waals surface area (Å²) in [4.78, 5) is 6.04. The van der Waals surface area contributed by atoms with E-state index in [1.807, 2.05) is 7.05 Å². The van der Waals surface area contributed by atoms with Crippen LogP contribution in [0, 0.1) is 0 Å². The summed E-state index contributed by atoms with van der Waals surface area (Å²) >= 11 is 0. The van der Waals surface area contributed by atoms with Crippen LogP contribution in [0.5, 0.6) is 0 Å². The predicted molar refractivity (Wildman–Crippen MR) is 67.8 cm³/mol. The van der Waals surface area contributed by atoms with E-state index in [2.05, 4.69) is 15.2 Å². The van der Waals surface area contributed by atoms with Gasteiger partial charge in [-0.25, -0.2) is 4.98 Å². The van der Waals surface area contributed by atoms with Gasteiger partial charge in [0.25, 0.3) is 0 Å². The number of rotatable bonds is 5. The molecule has 0 radical (unpaired) electrons. The van der Waals surface area contributed by atoms with Crippen molar-refractivity contribution in [1.29, 1.82) is 0 Å². The van der Waals surface area contributed by atoms with Crippen LogP contribution < -0.4 is 11.1 Å². The average Bonchev–Trinajstić information content (AvgIpc) is 3.10. The third-order valence-electron chi connectivity index (χ3n) is 3.11. The molecule has 106 valence electrons. The van der Waals surface area contributed by atoms with Crippen LogP contribution in [-0.2, 0) is 6.18 Å². The fourth-order valence-electron chi connectivity index (χ4n) is 1.86. The van der Waals surface area contributed by atoms with Crippen LogP contribution in [0.1, 0.15) is 18.4 Å². The van der Waals surface area contributed by atoms with Crippen LogP contribution >= 0.6 is 0 Å². The number of hydrogen-bond acceptors (Lipinski definition) is 4. The SMILES string of the molecule is CN(CCNc1cc(C(F)(F)F)cc(N)n1)C1CC1. The molecule has 1 aromatic heterocycles. The van der Waals surface area contributed by atoms with E-state index in [1.165, 1.54) is 12.8 Å². The number of nitrogens with one attached hydrogen (secondary N) is 1. The third kappa shape index (κ3) is 3.99. The third-order valence-corrected chi connectivity index (χ3v) is 3.11. The lowest BCUT2D eigenvalue weighted by molar-refractivity contribution is -0.137. The Labute approximate surface area is 109 Å². The Morgan fingerprint density at radius 3 is 2.68 bits per heavy atom. The van der Waals surface area contributed by atoms with Crippen molar-refractivity contribution in [2.45, 2.75) is 25.1 Å². The summed E-state index contributed by atoms with van der Waals surface area (Å²) in [5, 5.41) is 2.88. The summed E-state index contributed by atoms with van der Waals surface area (Å²) in [6.07, 6.45) is -2.01. The van der Waals surface area contributed by atoms with Crippen LogP contribution in [0.2, 0.25) is 0 Å². The number of aromatic nitrogens is 1. The van der Waals surface area contributed by atoms with Gasteiger partial charge in [-0.2, -0.15) is 13.2 Å². The van der Waals surface area contributed by atoms with E-state index in [4.69, 9.17) is 5.73 Å². The first-order chi connectivity index (χ1) is 8.86. The molecule has 0 aliphatic heterocycles. The van der Waals surface area contributed by atoms with Crippen LogP contribution in [0.25, 0.3) is 0 Å². The summed E-state index contributed by atoms with van der Waals surface area (Å²) in [7, 11) is 2.01. The molecule has 1 aliphatic rings. The summed E-state index contributed by atoms with van der Waals surface area (Å²) < 4.78 is 37.8. The number of likely N-dealkylation sites (N-methyl/N-ethyl adjacent to an activating group) is 1. The summed E-state index contributed by atoms with van der Waals surface area (Å²) in [5.41, 5.74) is 4.60. The molecule has 0 aromatic carbocycles. The molecule has 4 nitrogen and oxygen atoms in total. The molecule has 0 amide bonds. The molecule has 19 heavy (non-hydrogen) atoms. The maximum Gasteiger partial charge on any atom is 0.416 e. The fourth-order valence-corrected chi connectivity index (χ4v) is 1.86. The second-order valence-electron chi connectivity index (χ2n) is 4.80. The second-order valence-corrected chi connectivity index (χ2v) is 4.80. The minimum Gasteiger partial charge on any atom is -0.384 e. The van der Waals surface area contributed by atoms with Crippen molar-refractivity contribution in [3.05, 3.63) is 17.7 Å². The number of alkyl halides is 3. The van der Waals surface area contributed by atoms with Crippen molar-refractivity contribution in [3.8, 4) is 0 Å². The van der Waals surface area contributed by atoms with Crippen molar-refractivity contribution >= 4 is 11.6 Å². The molecule has 0 spiro atoms. The lowest BCUT2D eigenvalue weighted by Crippen LogP contribution is -2.27. The van der Waals surface area contributed by atoms with E-state index in [1.54, 1.807) is 0 Å². The van der Waals surface area contributed by atoms with Crippen molar-refractivity contribution in [1.82, 2.24) is 9.88 Å². The zero-order chi connectivity index (χ0) is 14.0. The Hall–Kier alpha value is -1.50. The van der Waals surface area contributed by atoms with E-state index in [0.717, 1.165) is 18.7 Å². The summed E-state index contributed by atoms with van der Waals surface area (Å²) in [6.45, 7) is 1.31. The van der Waals surface area contributed by atoms with Crippen molar-refractivity contribution in [3.63, 3.8) is 0 Å². The van der Waals surface area contributed by atoms with E-state index in [-0.39, 0.29) is 11.6 Å². The highest BCUT2D eigenvalue weighted by molar-refractivity contribution is 5.47. The highest BCUT2D eigenvalue weighted by Gasteiger charge is 2.31. The lowest BCUT2D eigenvalue weighted by Gasteiger charge is -2.16. The zero-order valence-electron chi connectivity index (χ0n) is 10.7. The molecule has 0 saturated heterocycles. The first kappa shape index (κ1) is 13.9. The monoisotopic (exact) mass is 274 g/mol. The zero-order valence-corrected chi connectivity index (χ0v) is 10.7. The molecular weight excluding hydrogens is 257 g/mol. The standard InChI is InChI=1S/C12H17F3N4/c1-19(9-2-3-9)5-4-17-11-7-8(12(13,14)15)6-10(16)18-11/h6-7,9H,2-5H2,1H3,(H3,16,17,18). The normalized spacial score (nSPS) is 15.8. The average molecular weight is 274 g/mol. The van der Waals surface area contributed by atoms with Gasteiger partial charge in [-0.05, 0) is 32.0 Å². The minimum absolute atomic E-state index is 0.132. The highest BCUT2D eigenvalue weighted by atomic mass is 19.4. The van der Waals surface area contributed by atoms with Gasteiger partial charge >= 0.3 is 6.18 Å². The second kappa shape index (κ2) is 5.24. The van der Waals surface area contributed by atoms with E-state index in [0.29, 0.717) is 12.6 Å². The minimum atomic E-state index is -4.40. The topological polar surface area (TPSA) is 54.2 Å². The fraction of sp³-hybridized carbons (Fsp3) is 0.583. The maximum atomic E-state index is 12.6. The number of nitrogens with zero attached hydrogens (tertiary/aromatic N) is 2. The number of anilines is 2. The van der Waals surface area contributed by atoms with Gasteiger partial charge in [-0.1, -0.05) is 0 Å². The molecule has 1 aromatic rings. The van der Waals surface area contributed by atoms with Gasteiger partial charge < -0.3 is 16.0 Å². The molecule has 1 saturated carbocycles. The quantitative estimate of drug-likeness (QED) is 0.864. The first-order valence-electron chi connectivity index (χ1n) is 6.15. The molecule has 1 aliphatic carbocycles. The Balaban J connectivity index is 1.93. The molecule has 0 unspecified atom stereocenters. The molecule has 0 atom stereocenters. The van der Waals surface area contributed by atoms with Crippen LogP contribution in [0.15, 0.2) is 12.1 Å². The largest absolute Gasteiger partial charge is 0.416 e. The smallest absolute Gasteiger partial charge is 0.384 e. The number of nitrogens with two attached hydrogens (primary N) is 1. The molecule has 3 N–H and O–H groups in total. The van der Waals surface area contributed by atoms with Crippen molar-refractivity contribution < 1.29 is 13.2 Å². The number of nitrogen functional groups attached to an aromatic ring is 1. The van der Waals surface area contributed by atoms with Gasteiger partial charge in [0.15, 0.2) is 0 Å². The maximum absolute atomic E-state index is 12.6. The Bertz CT molecular complexity index is 443. The van der Waals surface area contributed by atoms with Gasteiger partial charge in [-0.3, -0.25) is 0 Å². The van der Waals surface area contributed by atoms with E-state index < -0.39 is 11.7 Å². The number of halogens is 3. The Kier molecular flexibility index (Phi) is 3.84. The van der Waals surface area contributed by atoms with Gasteiger partial charge in [0.1, 0.15) is 11.6 Å². The number of pyridine rings is 1. The molecule has 1 heterocycles. The molecule has 2 rings (SSSR count). The van der Waals surface area contributed by atoms with Crippen molar-refractivity contribution in [2.24, 2.45) is 0 Å². The Morgan fingerprint density at radius 1 is 1.42 bits per heavy atom. The Morgan fingerprint density at radius 2 is 2.11 bits per heavy atom. The van der Waals surface area contributed by atoms with Crippen LogP contribution in [0.4, 0.5) is 24.8 Å². The first-order valence-corrected chi connectivity index (χ1v) is 6.15. The van der Waals surface area contributed by atoms with Gasteiger partial charge in [0.05, 0.1) is 5.56 Å². The van der Waals surface area contributed by atoms with Gasteiger partial charge in [-0.15, -0.1) is 0 Å². The predicted octanol–water partition coefficient (Wildman–Crippen LogP) is 2.19. The summed E-state index contributed by atoms with van der Waals surface area (Å²) in [5.74, 6) is 0.0318. The highest BCUT2D eigenvalue weighted by Crippen LogP contribution is 2.31. The summed E-state index contributed by atoms with van der Waals surface area (Å²) in [6, 6.07) is 2.44. The lowest BCUT2D eigenvalue weighted by atomic mass is 10.2. The van der Waals surface area contributed by atoms with E-state index >= 15 is 0 Å². The van der Waals surface area contributed by atoms with Crippen LogP contribution in [-0.4, -0.2) is 36.1 Å². The molecule has 0 bridgehead atoms.